The van der Waals surface area contributed by atoms with E-state index >= 15 is 0 Å². The molecule has 2 aromatic heterocycles. The Kier molecular flexibility index (Phi) is 3.61. The highest BCUT2D eigenvalue weighted by molar-refractivity contribution is 6.05. The molecule has 0 fully saturated rings. The number of amides is 1. The predicted octanol–water partition coefficient (Wildman–Crippen LogP) is 1.35. The van der Waals surface area contributed by atoms with Crippen molar-refractivity contribution in [3.63, 3.8) is 0 Å². The van der Waals surface area contributed by atoms with Crippen molar-refractivity contribution in [1.82, 2.24) is 20.3 Å². The molecule has 2 heterocycles. The summed E-state index contributed by atoms with van der Waals surface area (Å²) >= 11 is 0. The summed E-state index contributed by atoms with van der Waals surface area (Å²) in [7, 11) is 0. The summed E-state index contributed by atoms with van der Waals surface area (Å²) < 4.78 is 0. The third-order valence-electron chi connectivity index (χ3n) is 3.11. The number of benzene rings is 1. The van der Waals surface area contributed by atoms with Crippen LogP contribution in [0.1, 0.15) is 10.4 Å². The summed E-state index contributed by atoms with van der Waals surface area (Å²) in [4.78, 5) is 23.8. The molecule has 21 heavy (non-hydrogen) atoms. The van der Waals surface area contributed by atoms with E-state index in [0.717, 1.165) is 11.1 Å². The molecule has 0 aliphatic carbocycles. The number of carbonyl (C=O) groups excluding carboxylic acids is 1. The van der Waals surface area contributed by atoms with Gasteiger partial charge in [0.15, 0.2) is 0 Å². The lowest BCUT2D eigenvalue weighted by atomic mass is 10.1. The molecule has 1 amide bonds. The Morgan fingerprint density at radius 2 is 2.05 bits per heavy atom. The van der Waals surface area contributed by atoms with Crippen LogP contribution in [0.5, 0.6) is 0 Å². The second kappa shape index (κ2) is 5.72. The number of imidazole rings is 1. The number of aliphatic hydroxyl groups is 1. The van der Waals surface area contributed by atoms with Gasteiger partial charge in [0.2, 0.25) is 0 Å². The van der Waals surface area contributed by atoms with Crippen molar-refractivity contribution in [3.05, 3.63) is 48.3 Å². The molecule has 6 nitrogen and oxygen atoms in total. The first-order valence-corrected chi connectivity index (χ1v) is 6.58. The van der Waals surface area contributed by atoms with Gasteiger partial charge in [0.25, 0.3) is 5.91 Å². The molecule has 3 rings (SSSR count). The molecular formula is C15H14N4O2. The third kappa shape index (κ3) is 2.61. The van der Waals surface area contributed by atoms with Crippen LogP contribution in [0.25, 0.3) is 22.4 Å². The number of hydrogen-bond acceptors (Lipinski definition) is 4. The molecule has 106 valence electrons. The molecule has 0 aliphatic rings. The van der Waals surface area contributed by atoms with Crippen LogP contribution in [0.4, 0.5) is 0 Å². The Balaban J connectivity index is 2.04. The van der Waals surface area contributed by atoms with E-state index < -0.39 is 0 Å². The Labute approximate surface area is 120 Å². The minimum absolute atomic E-state index is 0.0927. The Morgan fingerprint density at radius 1 is 1.24 bits per heavy atom. The number of nitrogens with one attached hydrogen (secondary N) is 2. The SMILES string of the molecule is O=C(NCCO)c1cccc2[nH]c(-c3ccncc3)nc12. The molecule has 1 aromatic carbocycles. The normalized spacial score (nSPS) is 10.7. The van der Waals surface area contributed by atoms with Gasteiger partial charge in [-0.05, 0) is 24.3 Å². The number of carbonyl (C=O) groups is 1. The van der Waals surface area contributed by atoms with Gasteiger partial charge in [0, 0.05) is 24.5 Å². The second-order valence-electron chi connectivity index (χ2n) is 4.50. The van der Waals surface area contributed by atoms with Gasteiger partial charge in [-0.15, -0.1) is 0 Å². The van der Waals surface area contributed by atoms with E-state index in [1.54, 1.807) is 24.5 Å². The van der Waals surface area contributed by atoms with Crippen LogP contribution in [0.2, 0.25) is 0 Å². The van der Waals surface area contributed by atoms with Crippen LogP contribution in [0, 0.1) is 0 Å². The molecule has 0 bridgehead atoms. The molecule has 0 radical (unpaired) electrons. The van der Waals surface area contributed by atoms with Crippen LogP contribution in [0.3, 0.4) is 0 Å². The number of aromatic nitrogens is 3. The number of H-pyrrole nitrogens is 1. The zero-order chi connectivity index (χ0) is 14.7. The molecule has 0 saturated heterocycles. The average Bonchev–Trinajstić information content (AvgIpc) is 2.97. The Bertz CT molecular complexity index is 768. The average molecular weight is 282 g/mol. The lowest BCUT2D eigenvalue weighted by molar-refractivity contribution is 0.0946. The summed E-state index contributed by atoms with van der Waals surface area (Å²) in [5.41, 5.74) is 2.79. The molecule has 6 heteroatoms. The quantitative estimate of drug-likeness (QED) is 0.673. The maximum atomic E-state index is 12.1. The van der Waals surface area contributed by atoms with Crippen molar-refractivity contribution in [3.8, 4) is 11.4 Å². The van der Waals surface area contributed by atoms with E-state index in [0.29, 0.717) is 16.9 Å². The molecule has 3 aromatic rings. The number of nitrogens with zero attached hydrogens (tertiary/aromatic N) is 2. The summed E-state index contributed by atoms with van der Waals surface area (Å²) in [6.07, 6.45) is 3.38. The Hall–Kier alpha value is -2.73. The number of aromatic amines is 1. The van der Waals surface area contributed by atoms with Crippen molar-refractivity contribution >= 4 is 16.9 Å². The van der Waals surface area contributed by atoms with Gasteiger partial charge in [-0.1, -0.05) is 6.07 Å². The molecule has 0 spiro atoms. The molecular weight excluding hydrogens is 268 g/mol. The number of fused-ring (bicyclic) bond motifs is 1. The number of para-hydroxylation sites is 1. The topological polar surface area (TPSA) is 90.9 Å². The number of pyridine rings is 1. The molecule has 0 aliphatic heterocycles. The maximum absolute atomic E-state index is 12.1. The number of aliphatic hydroxyl groups excluding tert-OH is 1. The summed E-state index contributed by atoms with van der Waals surface area (Å²) in [5.74, 6) is 0.442. The minimum Gasteiger partial charge on any atom is -0.395 e. The fourth-order valence-electron chi connectivity index (χ4n) is 2.13. The van der Waals surface area contributed by atoms with Gasteiger partial charge in [0.05, 0.1) is 17.7 Å². The van der Waals surface area contributed by atoms with E-state index in [-0.39, 0.29) is 19.1 Å². The fourth-order valence-corrected chi connectivity index (χ4v) is 2.13. The summed E-state index contributed by atoms with van der Waals surface area (Å²) in [5, 5.41) is 11.4. The number of hydrogen-bond donors (Lipinski definition) is 3. The van der Waals surface area contributed by atoms with Gasteiger partial charge in [-0.25, -0.2) is 4.98 Å². The maximum Gasteiger partial charge on any atom is 0.253 e. The number of rotatable bonds is 4. The van der Waals surface area contributed by atoms with Gasteiger partial charge >= 0.3 is 0 Å². The van der Waals surface area contributed by atoms with Crippen molar-refractivity contribution in [2.75, 3.05) is 13.2 Å². The highest BCUT2D eigenvalue weighted by Crippen LogP contribution is 2.22. The zero-order valence-electron chi connectivity index (χ0n) is 11.2. The molecule has 3 N–H and O–H groups in total. The van der Waals surface area contributed by atoms with Gasteiger partial charge in [-0.2, -0.15) is 0 Å². The van der Waals surface area contributed by atoms with Gasteiger partial charge in [-0.3, -0.25) is 9.78 Å². The summed E-state index contributed by atoms with van der Waals surface area (Å²) in [6, 6.07) is 9.08. The Morgan fingerprint density at radius 3 is 2.81 bits per heavy atom. The van der Waals surface area contributed by atoms with Crippen molar-refractivity contribution < 1.29 is 9.90 Å². The van der Waals surface area contributed by atoms with E-state index in [4.69, 9.17) is 5.11 Å². The highest BCUT2D eigenvalue weighted by atomic mass is 16.3. The van der Waals surface area contributed by atoms with E-state index in [1.807, 2.05) is 18.2 Å². The monoisotopic (exact) mass is 282 g/mol. The lowest BCUT2D eigenvalue weighted by Gasteiger charge is -2.03. The van der Waals surface area contributed by atoms with Crippen LogP contribution in [0.15, 0.2) is 42.7 Å². The molecule has 0 atom stereocenters. The summed E-state index contributed by atoms with van der Waals surface area (Å²) in [6.45, 7) is 0.126. The first-order valence-electron chi connectivity index (χ1n) is 6.58. The smallest absolute Gasteiger partial charge is 0.253 e. The zero-order valence-corrected chi connectivity index (χ0v) is 11.2. The third-order valence-corrected chi connectivity index (χ3v) is 3.11. The van der Waals surface area contributed by atoms with E-state index in [1.165, 1.54) is 0 Å². The van der Waals surface area contributed by atoms with Crippen molar-refractivity contribution in [2.24, 2.45) is 0 Å². The highest BCUT2D eigenvalue weighted by Gasteiger charge is 2.13. The van der Waals surface area contributed by atoms with Gasteiger partial charge in [0.1, 0.15) is 11.3 Å². The molecule has 0 unspecified atom stereocenters. The van der Waals surface area contributed by atoms with Crippen LogP contribution in [-0.4, -0.2) is 39.1 Å². The van der Waals surface area contributed by atoms with Crippen LogP contribution >= 0.6 is 0 Å². The van der Waals surface area contributed by atoms with Crippen LogP contribution in [-0.2, 0) is 0 Å². The fraction of sp³-hybridized carbons (Fsp3) is 0.133. The molecule has 0 saturated carbocycles. The largest absolute Gasteiger partial charge is 0.395 e. The van der Waals surface area contributed by atoms with Gasteiger partial charge < -0.3 is 15.4 Å². The van der Waals surface area contributed by atoms with E-state index in [9.17, 15) is 4.79 Å². The standard InChI is InChI=1S/C15H14N4O2/c20-9-8-17-15(21)11-2-1-3-12-13(11)19-14(18-12)10-4-6-16-7-5-10/h1-7,20H,8-9H2,(H,17,21)(H,18,19). The lowest BCUT2D eigenvalue weighted by Crippen LogP contribution is -2.26. The van der Waals surface area contributed by atoms with Crippen molar-refractivity contribution in [1.29, 1.82) is 0 Å². The first-order chi connectivity index (χ1) is 10.3. The van der Waals surface area contributed by atoms with Crippen molar-refractivity contribution in [2.45, 2.75) is 0 Å². The predicted molar refractivity (Wildman–Crippen MR) is 78.7 cm³/mol. The first kappa shape index (κ1) is 13.3. The van der Waals surface area contributed by atoms with E-state index in [2.05, 4.69) is 20.3 Å². The van der Waals surface area contributed by atoms with Crippen LogP contribution < -0.4 is 5.32 Å². The minimum atomic E-state index is -0.248. The second-order valence-corrected chi connectivity index (χ2v) is 4.50.